The first-order valence-electron chi connectivity index (χ1n) is 6.22. The zero-order valence-electron chi connectivity index (χ0n) is 12.5. The second kappa shape index (κ2) is 5.49. The molecule has 0 saturated carbocycles. The molecule has 0 spiro atoms. The Morgan fingerprint density at radius 1 is 1.24 bits per heavy atom. The monoisotopic (exact) mass is 256 g/mol. The summed E-state index contributed by atoms with van der Waals surface area (Å²) >= 11 is 0. The number of Topliss-reactive ketones (excluding diaryl/α,β-unsaturated/α-hetero) is 1. The molecular weight excluding hydrogens is 228 g/mol. The molecule has 0 heterocycles. The van der Waals surface area contributed by atoms with Crippen molar-refractivity contribution in [2.45, 2.75) is 59.2 Å². The van der Waals surface area contributed by atoms with Gasteiger partial charge in [-0.15, -0.1) is 6.58 Å². The summed E-state index contributed by atoms with van der Waals surface area (Å²) in [6.07, 6.45) is 2.09. The Morgan fingerprint density at radius 2 is 1.71 bits per heavy atom. The predicted octanol–water partition coefficient (Wildman–Crippen LogP) is 4.18. The molecule has 0 bridgehead atoms. The molecule has 0 rings (SSSR count). The Hall–Kier alpha value is -0.413. The Kier molecular flexibility index (Phi) is 5.35. The number of carbonyl (C=O) groups excluding carboxylic acids is 1. The van der Waals surface area contributed by atoms with Crippen molar-refractivity contribution >= 4 is 14.1 Å². The zero-order valence-corrected chi connectivity index (χ0v) is 13.5. The van der Waals surface area contributed by atoms with Gasteiger partial charge in [0.25, 0.3) is 0 Å². The number of hydrogen-bond acceptors (Lipinski definition) is 2. The van der Waals surface area contributed by atoms with Gasteiger partial charge in [-0.1, -0.05) is 40.7 Å². The van der Waals surface area contributed by atoms with Gasteiger partial charge in [-0.25, -0.2) is 0 Å². The molecule has 0 radical (unpaired) electrons. The smallest absolute Gasteiger partial charge is 0.192 e. The molecule has 0 saturated heterocycles. The number of ketones is 1. The second-order valence-corrected chi connectivity index (χ2v) is 11.7. The fourth-order valence-corrected chi connectivity index (χ4v) is 2.22. The fourth-order valence-electron chi connectivity index (χ4n) is 1.07. The van der Waals surface area contributed by atoms with Crippen molar-refractivity contribution in [1.29, 1.82) is 0 Å². The van der Waals surface area contributed by atoms with Gasteiger partial charge in [0.15, 0.2) is 8.32 Å². The number of allylic oxidation sites excluding steroid dienone is 1. The first-order chi connectivity index (χ1) is 7.44. The highest BCUT2D eigenvalue weighted by atomic mass is 28.4. The molecule has 0 aliphatic rings. The van der Waals surface area contributed by atoms with E-state index in [0.717, 1.165) is 0 Å². The summed E-state index contributed by atoms with van der Waals surface area (Å²) in [6, 6.07) is 0. The third-order valence-corrected chi connectivity index (χ3v) is 8.16. The molecule has 0 unspecified atom stereocenters. The van der Waals surface area contributed by atoms with Gasteiger partial charge in [-0.05, 0) is 18.1 Å². The third kappa shape index (κ3) is 4.76. The molecule has 0 aromatic rings. The van der Waals surface area contributed by atoms with Gasteiger partial charge in [0, 0.05) is 18.4 Å². The molecule has 0 amide bonds. The van der Waals surface area contributed by atoms with E-state index in [0.29, 0.717) is 13.0 Å². The molecule has 0 aliphatic heterocycles. The zero-order chi connectivity index (χ0) is 13.9. The normalized spacial score (nSPS) is 13.6. The lowest BCUT2D eigenvalue weighted by atomic mass is 9.87. The summed E-state index contributed by atoms with van der Waals surface area (Å²) in [7, 11) is -1.76. The molecule has 0 aliphatic carbocycles. The van der Waals surface area contributed by atoms with Crippen molar-refractivity contribution in [3.05, 3.63) is 12.7 Å². The summed E-state index contributed by atoms with van der Waals surface area (Å²) in [5.41, 5.74) is -0.413. The number of hydrogen-bond donors (Lipinski definition) is 0. The van der Waals surface area contributed by atoms with Crippen molar-refractivity contribution in [2.24, 2.45) is 5.41 Å². The van der Waals surface area contributed by atoms with Crippen LogP contribution in [0.15, 0.2) is 12.7 Å². The topological polar surface area (TPSA) is 26.3 Å². The molecule has 0 aromatic carbocycles. The summed E-state index contributed by atoms with van der Waals surface area (Å²) in [5, 5.41) is 0.185. The van der Waals surface area contributed by atoms with E-state index in [1.54, 1.807) is 6.08 Å². The highest BCUT2D eigenvalue weighted by Crippen LogP contribution is 2.37. The van der Waals surface area contributed by atoms with E-state index in [4.69, 9.17) is 4.43 Å². The fraction of sp³-hybridized carbons (Fsp3) is 0.786. The molecule has 17 heavy (non-hydrogen) atoms. The summed E-state index contributed by atoms with van der Waals surface area (Å²) in [4.78, 5) is 11.9. The van der Waals surface area contributed by atoms with Gasteiger partial charge in [-0.2, -0.15) is 0 Å². The average molecular weight is 256 g/mol. The van der Waals surface area contributed by atoms with E-state index >= 15 is 0 Å². The quantitative estimate of drug-likeness (QED) is 0.526. The molecule has 0 atom stereocenters. The molecule has 0 N–H and O–H groups in total. The van der Waals surface area contributed by atoms with Crippen LogP contribution >= 0.6 is 0 Å². The second-order valence-electron chi connectivity index (χ2n) is 6.85. The van der Waals surface area contributed by atoms with E-state index in [1.807, 2.05) is 13.8 Å². The maximum Gasteiger partial charge on any atom is 0.192 e. The summed E-state index contributed by atoms with van der Waals surface area (Å²) in [6.45, 7) is 19.1. The van der Waals surface area contributed by atoms with Crippen molar-refractivity contribution in [2.75, 3.05) is 6.61 Å². The van der Waals surface area contributed by atoms with E-state index in [9.17, 15) is 4.79 Å². The van der Waals surface area contributed by atoms with Crippen LogP contribution in [0.2, 0.25) is 18.1 Å². The van der Waals surface area contributed by atoms with Crippen LogP contribution in [0.5, 0.6) is 0 Å². The highest BCUT2D eigenvalue weighted by Gasteiger charge is 2.39. The van der Waals surface area contributed by atoms with Gasteiger partial charge in [0.2, 0.25) is 0 Å². The average Bonchev–Trinajstić information content (AvgIpc) is 2.14. The summed E-state index contributed by atoms with van der Waals surface area (Å²) in [5.74, 6) is 0.200. The van der Waals surface area contributed by atoms with E-state index in [2.05, 4.69) is 40.4 Å². The number of rotatable bonds is 6. The molecule has 2 nitrogen and oxygen atoms in total. The van der Waals surface area contributed by atoms with Crippen LogP contribution in [0.3, 0.4) is 0 Å². The van der Waals surface area contributed by atoms with Crippen LogP contribution in [0.1, 0.15) is 41.0 Å². The van der Waals surface area contributed by atoms with Gasteiger partial charge >= 0.3 is 0 Å². The summed E-state index contributed by atoms with van der Waals surface area (Å²) < 4.78 is 6.11. The Labute approximate surface area is 108 Å². The van der Waals surface area contributed by atoms with Gasteiger partial charge in [0.05, 0.1) is 0 Å². The first-order valence-corrected chi connectivity index (χ1v) is 9.13. The minimum atomic E-state index is -1.76. The third-order valence-electron chi connectivity index (χ3n) is 3.68. The lowest BCUT2D eigenvalue weighted by molar-refractivity contribution is -0.127. The number of carbonyl (C=O) groups is 1. The molecule has 100 valence electrons. The van der Waals surface area contributed by atoms with Crippen LogP contribution in [0.4, 0.5) is 0 Å². The Bertz CT molecular complexity index is 285. The van der Waals surface area contributed by atoms with E-state index in [1.165, 1.54) is 0 Å². The van der Waals surface area contributed by atoms with Crippen LogP contribution in [-0.4, -0.2) is 20.7 Å². The van der Waals surface area contributed by atoms with E-state index in [-0.39, 0.29) is 10.8 Å². The minimum Gasteiger partial charge on any atom is -0.416 e. The van der Waals surface area contributed by atoms with Crippen LogP contribution in [0, 0.1) is 5.41 Å². The van der Waals surface area contributed by atoms with Crippen LogP contribution < -0.4 is 0 Å². The van der Waals surface area contributed by atoms with Gasteiger partial charge < -0.3 is 4.43 Å². The SMILES string of the molecule is C=CCC(=O)C(C)(C)CO[Si](C)(C)C(C)(C)C. The molecule has 3 heteroatoms. The van der Waals surface area contributed by atoms with E-state index < -0.39 is 13.7 Å². The minimum absolute atomic E-state index is 0.185. The Balaban J connectivity index is 4.56. The highest BCUT2D eigenvalue weighted by molar-refractivity contribution is 6.74. The van der Waals surface area contributed by atoms with Crippen molar-refractivity contribution in [3.63, 3.8) is 0 Å². The van der Waals surface area contributed by atoms with Crippen LogP contribution in [0.25, 0.3) is 0 Å². The lowest BCUT2D eigenvalue weighted by Crippen LogP contribution is -2.44. The van der Waals surface area contributed by atoms with Gasteiger partial charge in [-0.3, -0.25) is 4.79 Å². The maximum absolute atomic E-state index is 11.9. The van der Waals surface area contributed by atoms with Crippen molar-refractivity contribution < 1.29 is 9.22 Å². The lowest BCUT2D eigenvalue weighted by Gasteiger charge is -2.38. The molecule has 0 aromatic heterocycles. The maximum atomic E-state index is 11.9. The Morgan fingerprint density at radius 3 is 2.06 bits per heavy atom. The molecular formula is C14H28O2Si. The molecule has 0 fully saturated rings. The largest absolute Gasteiger partial charge is 0.416 e. The standard InChI is InChI=1S/C14H28O2Si/c1-9-10-12(15)14(5,6)11-16-17(7,8)13(2,3)4/h9H,1,10-11H2,2-8H3. The first kappa shape index (κ1) is 16.6. The van der Waals surface area contributed by atoms with Crippen LogP contribution in [-0.2, 0) is 9.22 Å². The van der Waals surface area contributed by atoms with Gasteiger partial charge in [0.1, 0.15) is 5.78 Å². The van der Waals surface area contributed by atoms with Crippen molar-refractivity contribution in [3.8, 4) is 0 Å². The van der Waals surface area contributed by atoms with Crippen molar-refractivity contribution in [1.82, 2.24) is 0 Å². The predicted molar refractivity (Wildman–Crippen MR) is 76.8 cm³/mol.